The number of H-pyrrole nitrogens is 1. The molecule has 0 saturated heterocycles. The lowest BCUT2D eigenvalue weighted by Crippen LogP contribution is -1.97. The molecule has 0 unspecified atom stereocenters. The topological polar surface area (TPSA) is 49.9 Å². The van der Waals surface area contributed by atoms with Crippen molar-refractivity contribution >= 4 is 5.69 Å². The van der Waals surface area contributed by atoms with E-state index in [-0.39, 0.29) is 0 Å². The first kappa shape index (κ1) is 9.58. The van der Waals surface area contributed by atoms with Crippen molar-refractivity contribution in [2.24, 2.45) is 0 Å². The third kappa shape index (κ3) is 2.49. The van der Waals surface area contributed by atoms with Crippen LogP contribution in [-0.2, 0) is 6.54 Å². The number of nitrogens with one attached hydrogen (secondary N) is 2. The van der Waals surface area contributed by atoms with Gasteiger partial charge in [-0.1, -0.05) is 12.1 Å². The predicted octanol–water partition coefficient (Wildman–Crippen LogP) is 2.03. The van der Waals surface area contributed by atoms with E-state index in [1.54, 1.807) is 13.3 Å². The van der Waals surface area contributed by atoms with Gasteiger partial charge in [-0.25, -0.2) is 0 Å². The number of hydrogen-bond acceptors (Lipinski definition) is 3. The SMILES string of the molecule is COc1ccc(CNc2cn[nH]c2)cc1. The molecule has 2 aromatic rings. The van der Waals surface area contributed by atoms with E-state index in [9.17, 15) is 0 Å². The Labute approximate surface area is 88.3 Å². The summed E-state index contributed by atoms with van der Waals surface area (Å²) in [5.74, 6) is 0.877. The molecule has 2 rings (SSSR count). The highest BCUT2D eigenvalue weighted by Crippen LogP contribution is 2.12. The molecular weight excluding hydrogens is 190 g/mol. The monoisotopic (exact) mass is 203 g/mol. The van der Waals surface area contributed by atoms with Gasteiger partial charge in [0.1, 0.15) is 5.75 Å². The zero-order chi connectivity index (χ0) is 10.5. The fourth-order valence-corrected chi connectivity index (χ4v) is 1.30. The Morgan fingerprint density at radius 2 is 2.13 bits per heavy atom. The molecule has 1 aromatic carbocycles. The van der Waals surface area contributed by atoms with Crippen molar-refractivity contribution in [2.45, 2.75) is 6.54 Å². The summed E-state index contributed by atoms with van der Waals surface area (Å²) < 4.78 is 5.08. The summed E-state index contributed by atoms with van der Waals surface area (Å²) in [5, 5.41) is 9.85. The van der Waals surface area contributed by atoms with Crippen LogP contribution in [0.15, 0.2) is 36.7 Å². The maximum absolute atomic E-state index is 5.08. The maximum Gasteiger partial charge on any atom is 0.118 e. The van der Waals surface area contributed by atoms with Gasteiger partial charge in [-0.3, -0.25) is 5.10 Å². The number of ether oxygens (including phenoxy) is 1. The van der Waals surface area contributed by atoms with Crippen LogP contribution in [0.3, 0.4) is 0 Å². The molecule has 0 fully saturated rings. The van der Waals surface area contributed by atoms with E-state index in [0.29, 0.717) is 0 Å². The Hall–Kier alpha value is -1.97. The average Bonchev–Trinajstić information content (AvgIpc) is 2.80. The summed E-state index contributed by atoms with van der Waals surface area (Å²) in [5.41, 5.74) is 2.20. The number of aromatic amines is 1. The Morgan fingerprint density at radius 1 is 1.33 bits per heavy atom. The van der Waals surface area contributed by atoms with Crippen molar-refractivity contribution in [3.63, 3.8) is 0 Å². The van der Waals surface area contributed by atoms with Crippen molar-refractivity contribution in [2.75, 3.05) is 12.4 Å². The standard InChI is InChI=1S/C11H13N3O/c1-15-11-4-2-9(3-5-11)6-12-10-7-13-14-8-10/h2-5,7-8,12H,6H2,1H3,(H,13,14). The van der Waals surface area contributed by atoms with Crippen LogP contribution in [0.4, 0.5) is 5.69 Å². The molecule has 0 aliphatic heterocycles. The fraction of sp³-hybridized carbons (Fsp3) is 0.182. The lowest BCUT2D eigenvalue weighted by atomic mass is 10.2. The molecule has 0 spiro atoms. The van der Waals surface area contributed by atoms with Crippen LogP contribution in [-0.4, -0.2) is 17.3 Å². The summed E-state index contributed by atoms with van der Waals surface area (Å²) in [6.45, 7) is 0.781. The van der Waals surface area contributed by atoms with Gasteiger partial charge in [0, 0.05) is 12.7 Å². The highest BCUT2D eigenvalue weighted by molar-refractivity contribution is 5.39. The molecule has 2 N–H and O–H groups in total. The minimum absolute atomic E-state index is 0.781. The second-order valence-corrected chi connectivity index (χ2v) is 3.19. The van der Waals surface area contributed by atoms with E-state index in [1.807, 2.05) is 30.5 Å². The zero-order valence-corrected chi connectivity index (χ0v) is 8.53. The highest BCUT2D eigenvalue weighted by atomic mass is 16.5. The van der Waals surface area contributed by atoms with Gasteiger partial charge in [0.05, 0.1) is 19.0 Å². The minimum atomic E-state index is 0.781. The molecule has 0 aliphatic rings. The average molecular weight is 203 g/mol. The van der Waals surface area contributed by atoms with Crippen molar-refractivity contribution in [1.29, 1.82) is 0 Å². The molecule has 0 atom stereocenters. The first-order chi connectivity index (χ1) is 7.38. The normalized spacial score (nSPS) is 9.93. The van der Waals surface area contributed by atoms with Gasteiger partial charge in [0.25, 0.3) is 0 Å². The van der Waals surface area contributed by atoms with E-state index < -0.39 is 0 Å². The van der Waals surface area contributed by atoms with Gasteiger partial charge in [-0.15, -0.1) is 0 Å². The quantitative estimate of drug-likeness (QED) is 0.799. The van der Waals surface area contributed by atoms with Crippen molar-refractivity contribution in [1.82, 2.24) is 10.2 Å². The summed E-state index contributed by atoms with van der Waals surface area (Å²) >= 11 is 0. The molecule has 0 amide bonds. The van der Waals surface area contributed by atoms with Crippen LogP contribution < -0.4 is 10.1 Å². The van der Waals surface area contributed by atoms with E-state index in [0.717, 1.165) is 18.0 Å². The number of benzene rings is 1. The van der Waals surface area contributed by atoms with Gasteiger partial charge in [0.2, 0.25) is 0 Å². The Balaban J connectivity index is 1.93. The van der Waals surface area contributed by atoms with Gasteiger partial charge >= 0.3 is 0 Å². The summed E-state index contributed by atoms with van der Waals surface area (Å²) in [7, 11) is 1.67. The Morgan fingerprint density at radius 3 is 2.73 bits per heavy atom. The van der Waals surface area contributed by atoms with Gasteiger partial charge < -0.3 is 10.1 Å². The van der Waals surface area contributed by atoms with E-state index in [1.165, 1.54) is 5.56 Å². The molecule has 15 heavy (non-hydrogen) atoms. The molecule has 78 valence electrons. The van der Waals surface area contributed by atoms with Crippen LogP contribution in [0, 0.1) is 0 Å². The van der Waals surface area contributed by atoms with Crippen LogP contribution in [0.1, 0.15) is 5.56 Å². The largest absolute Gasteiger partial charge is 0.497 e. The van der Waals surface area contributed by atoms with Gasteiger partial charge in [-0.05, 0) is 17.7 Å². The summed E-state index contributed by atoms with van der Waals surface area (Å²) in [6.07, 6.45) is 3.58. The zero-order valence-electron chi connectivity index (χ0n) is 8.53. The van der Waals surface area contributed by atoms with Crippen molar-refractivity contribution < 1.29 is 4.74 Å². The number of aromatic nitrogens is 2. The summed E-state index contributed by atoms with van der Waals surface area (Å²) in [6, 6.07) is 7.97. The van der Waals surface area contributed by atoms with Crippen LogP contribution in [0.25, 0.3) is 0 Å². The highest BCUT2D eigenvalue weighted by Gasteiger charge is 1.95. The number of hydrogen-bond donors (Lipinski definition) is 2. The fourth-order valence-electron chi connectivity index (χ4n) is 1.30. The molecule has 1 heterocycles. The van der Waals surface area contributed by atoms with Crippen LogP contribution in [0.5, 0.6) is 5.75 Å². The maximum atomic E-state index is 5.08. The smallest absolute Gasteiger partial charge is 0.118 e. The first-order valence-corrected chi connectivity index (χ1v) is 4.74. The number of methoxy groups -OCH3 is 1. The lowest BCUT2D eigenvalue weighted by molar-refractivity contribution is 0.414. The van der Waals surface area contributed by atoms with Crippen LogP contribution >= 0.6 is 0 Å². The molecule has 0 radical (unpaired) electrons. The Bertz CT molecular complexity index is 394. The van der Waals surface area contributed by atoms with Gasteiger partial charge in [-0.2, -0.15) is 5.10 Å². The van der Waals surface area contributed by atoms with Crippen molar-refractivity contribution in [3.8, 4) is 5.75 Å². The lowest BCUT2D eigenvalue weighted by Gasteiger charge is -2.04. The van der Waals surface area contributed by atoms with Crippen molar-refractivity contribution in [3.05, 3.63) is 42.2 Å². The molecular formula is C11H13N3O. The number of anilines is 1. The third-order valence-corrected chi connectivity index (χ3v) is 2.15. The molecule has 1 aromatic heterocycles. The molecule has 0 bridgehead atoms. The summed E-state index contributed by atoms with van der Waals surface area (Å²) in [4.78, 5) is 0. The van der Waals surface area contributed by atoms with E-state index >= 15 is 0 Å². The Kier molecular flexibility index (Phi) is 2.88. The second-order valence-electron chi connectivity index (χ2n) is 3.19. The minimum Gasteiger partial charge on any atom is -0.497 e. The molecule has 0 aliphatic carbocycles. The molecule has 4 nitrogen and oxygen atoms in total. The predicted molar refractivity (Wildman–Crippen MR) is 58.9 cm³/mol. The first-order valence-electron chi connectivity index (χ1n) is 4.74. The second kappa shape index (κ2) is 4.50. The van der Waals surface area contributed by atoms with Gasteiger partial charge in [0.15, 0.2) is 0 Å². The molecule has 4 heteroatoms. The number of nitrogens with zero attached hydrogens (tertiary/aromatic N) is 1. The van der Waals surface area contributed by atoms with Crippen LogP contribution in [0.2, 0.25) is 0 Å². The number of rotatable bonds is 4. The molecule has 0 saturated carbocycles. The third-order valence-electron chi connectivity index (χ3n) is 2.15. The van der Waals surface area contributed by atoms with E-state index in [2.05, 4.69) is 15.5 Å². The van der Waals surface area contributed by atoms with E-state index in [4.69, 9.17) is 4.74 Å².